The van der Waals surface area contributed by atoms with Crippen LogP contribution in [0, 0.1) is 5.82 Å². The van der Waals surface area contributed by atoms with Gasteiger partial charge in [-0.25, -0.2) is 4.39 Å². The molecule has 0 aliphatic carbocycles. The molecule has 3 aromatic rings. The van der Waals surface area contributed by atoms with Crippen LogP contribution >= 0.6 is 0 Å². The van der Waals surface area contributed by atoms with Gasteiger partial charge in [-0.15, -0.1) is 0 Å². The molecule has 5 rings (SSSR count). The number of anilines is 2. The van der Waals surface area contributed by atoms with Crippen molar-refractivity contribution in [2.45, 2.75) is 25.8 Å². The number of nitrogens with zero attached hydrogens (tertiary/aromatic N) is 3. The number of hydrogen-bond donors (Lipinski definition) is 1. The molecule has 1 N–H and O–H groups in total. The zero-order chi connectivity index (χ0) is 23.5. The number of nitrogens with one attached hydrogen (secondary N) is 1. The smallest absolute Gasteiger partial charge is 0.278 e. The summed E-state index contributed by atoms with van der Waals surface area (Å²) in [5, 5.41) is 3.17. The summed E-state index contributed by atoms with van der Waals surface area (Å²) < 4.78 is 13.5. The number of carbonyl (C=O) groups excluding carboxylic acids is 2. The second-order valence-electron chi connectivity index (χ2n) is 8.49. The van der Waals surface area contributed by atoms with Crippen molar-refractivity contribution in [3.05, 3.63) is 95.7 Å². The minimum absolute atomic E-state index is 0.0578. The number of pyridine rings is 1. The third kappa shape index (κ3) is 4.41. The molecule has 34 heavy (non-hydrogen) atoms. The van der Waals surface area contributed by atoms with Crippen LogP contribution in [-0.2, 0) is 16.1 Å². The average Bonchev–Trinajstić information content (AvgIpc) is 3.10. The first-order valence-electron chi connectivity index (χ1n) is 11.5. The van der Waals surface area contributed by atoms with E-state index in [0.29, 0.717) is 16.9 Å². The van der Waals surface area contributed by atoms with E-state index in [9.17, 15) is 14.0 Å². The Kier molecular flexibility index (Phi) is 6.08. The summed E-state index contributed by atoms with van der Waals surface area (Å²) in [6, 6.07) is 18.8. The fourth-order valence-electron chi connectivity index (χ4n) is 4.43. The van der Waals surface area contributed by atoms with Crippen molar-refractivity contribution < 1.29 is 14.0 Å². The summed E-state index contributed by atoms with van der Waals surface area (Å²) in [6.45, 7) is 2.15. The maximum Gasteiger partial charge on any atom is 0.278 e. The molecule has 0 atom stereocenters. The molecule has 0 unspecified atom stereocenters. The molecule has 7 heteroatoms. The number of amides is 2. The molecule has 3 heterocycles. The second-order valence-corrected chi connectivity index (χ2v) is 8.49. The van der Waals surface area contributed by atoms with Crippen LogP contribution in [0.4, 0.5) is 15.8 Å². The Bertz CT molecular complexity index is 1220. The summed E-state index contributed by atoms with van der Waals surface area (Å²) in [5.74, 6) is -1.28. The Hall–Kier alpha value is -4.00. The number of piperidine rings is 1. The van der Waals surface area contributed by atoms with Gasteiger partial charge in [-0.1, -0.05) is 18.2 Å². The highest BCUT2D eigenvalue weighted by Gasteiger charge is 2.39. The van der Waals surface area contributed by atoms with Gasteiger partial charge in [0.15, 0.2) is 0 Å². The lowest BCUT2D eigenvalue weighted by molar-refractivity contribution is -0.137. The lowest BCUT2D eigenvalue weighted by Gasteiger charge is -2.28. The summed E-state index contributed by atoms with van der Waals surface area (Å²) in [5.41, 5.74) is 3.34. The van der Waals surface area contributed by atoms with Crippen LogP contribution in [0.5, 0.6) is 0 Å². The predicted octanol–water partition coefficient (Wildman–Crippen LogP) is 4.60. The zero-order valence-corrected chi connectivity index (χ0v) is 18.7. The molecule has 2 aliphatic heterocycles. The Morgan fingerprint density at radius 2 is 1.59 bits per heavy atom. The van der Waals surface area contributed by atoms with E-state index in [1.807, 2.05) is 30.3 Å². The van der Waals surface area contributed by atoms with E-state index in [1.165, 1.54) is 48.4 Å². The topological polar surface area (TPSA) is 65.5 Å². The third-order valence-electron chi connectivity index (χ3n) is 6.21. The second kappa shape index (κ2) is 9.47. The molecule has 1 fully saturated rings. The molecular weight excluding hydrogens is 431 g/mol. The van der Waals surface area contributed by atoms with Crippen LogP contribution in [0.2, 0.25) is 0 Å². The minimum Gasteiger partial charge on any atom is -0.372 e. The van der Waals surface area contributed by atoms with Crippen molar-refractivity contribution in [2.75, 3.05) is 23.3 Å². The molecule has 2 amide bonds. The third-order valence-corrected chi connectivity index (χ3v) is 6.21. The molecule has 0 bridgehead atoms. The van der Waals surface area contributed by atoms with Crippen molar-refractivity contribution in [2.24, 2.45) is 0 Å². The van der Waals surface area contributed by atoms with E-state index in [4.69, 9.17) is 0 Å². The van der Waals surface area contributed by atoms with Crippen molar-refractivity contribution in [1.82, 2.24) is 9.88 Å². The first-order chi connectivity index (χ1) is 16.6. The summed E-state index contributed by atoms with van der Waals surface area (Å²) in [6.07, 6.45) is 5.27. The van der Waals surface area contributed by atoms with Crippen LogP contribution < -0.4 is 10.2 Å². The standard InChI is InChI=1S/C27H25FN4O2/c28-20-9-7-19(8-10-20)24-25(27(34)32(26(24)33)18-22-6-2-3-15-29-22)30-21-11-13-23(14-12-21)31-16-4-1-5-17-31/h2-3,6-15,30H,1,4-5,16-18H2. The Morgan fingerprint density at radius 3 is 2.26 bits per heavy atom. The quantitative estimate of drug-likeness (QED) is 0.549. The number of rotatable bonds is 6. The van der Waals surface area contributed by atoms with Gasteiger partial charge in [0.05, 0.1) is 17.8 Å². The van der Waals surface area contributed by atoms with Crippen LogP contribution in [-0.4, -0.2) is 34.8 Å². The van der Waals surface area contributed by atoms with E-state index < -0.39 is 17.6 Å². The SMILES string of the molecule is O=C1C(Nc2ccc(N3CCCCC3)cc2)=C(c2ccc(F)cc2)C(=O)N1Cc1ccccn1. The van der Waals surface area contributed by atoms with Gasteiger partial charge in [0.2, 0.25) is 0 Å². The van der Waals surface area contributed by atoms with Crippen molar-refractivity contribution in [3.8, 4) is 0 Å². The fourth-order valence-corrected chi connectivity index (χ4v) is 4.43. The molecular formula is C27H25FN4O2. The van der Waals surface area contributed by atoms with Gasteiger partial charge >= 0.3 is 0 Å². The number of halogens is 1. The van der Waals surface area contributed by atoms with E-state index in [0.717, 1.165) is 18.8 Å². The molecule has 2 aliphatic rings. The van der Waals surface area contributed by atoms with Crippen molar-refractivity contribution >= 4 is 28.8 Å². The highest BCUT2D eigenvalue weighted by molar-refractivity contribution is 6.36. The molecule has 1 aromatic heterocycles. The van der Waals surface area contributed by atoms with Gasteiger partial charge in [0.25, 0.3) is 11.8 Å². The highest BCUT2D eigenvalue weighted by atomic mass is 19.1. The molecule has 0 spiro atoms. The lowest BCUT2D eigenvalue weighted by atomic mass is 10.0. The number of aromatic nitrogens is 1. The molecule has 6 nitrogen and oxygen atoms in total. The summed E-state index contributed by atoms with van der Waals surface area (Å²) >= 11 is 0. The van der Waals surface area contributed by atoms with E-state index in [2.05, 4.69) is 15.2 Å². The number of benzene rings is 2. The van der Waals surface area contributed by atoms with Crippen LogP contribution in [0.1, 0.15) is 30.5 Å². The largest absolute Gasteiger partial charge is 0.372 e. The first kappa shape index (κ1) is 21.8. The van der Waals surface area contributed by atoms with Crippen LogP contribution in [0.3, 0.4) is 0 Å². The average molecular weight is 457 g/mol. The molecule has 172 valence electrons. The first-order valence-corrected chi connectivity index (χ1v) is 11.5. The predicted molar refractivity (Wildman–Crippen MR) is 129 cm³/mol. The fraction of sp³-hybridized carbons (Fsp3) is 0.222. The van der Waals surface area contributed by atoms with E-state index >= 15 is 0 Å². The molecule has 0 radical (unpaired) electrons. The van der Waals surface area contributed by atoms with Crippen LogP contribution in [0.25, 0.3) is 5.57 Å². The normalized spacial score (nSPS) is 16.4. The monoisotopic (exact) mass is 456 g/mol. The van der Waals surface area contributed by atoms with Gasteiger partial charge in [0, 0.05) is 30.7 Å². The lowest BCUT2D eigenvalue weighted by Crippen LogP contribution is -2.32. The molecule has 0 saturated carbocycles. The maximum atomic E-state index is 13.5. The van der Waals surface area contributed by atoms with Gasteiger partial charge in [0.1, 0.15) is 11.5 Å². The van der Waals surface area contributed by atoms with Crippen molar-refractivity contribution in [1.29, 1.82) is 0 Å². The summed E-state index contributed by atoms with van der Waals surface area (Å²) in [7, 11) is 0. The van der Waals surface area contributed by atoms with Gasteiger partial charge < -0.3 is 10.2 Å². The van der Waals surface area contributed by atoms with Gasteiger partial charge in [-0.2, -0.15) is 0 Å². The Labute approximate surface area is 197 Å². The zero-order valence-electron chi connectivity index (χ0n) is 18.7. The molecule has 2 aromatic carbocycles. The van der Waals surface area contributed by atoms with E-state index in [1.54, 1.807) is 18.3 Å². The highest BCUT2D eigenvalue weighted by Crippen LogP contribution is 2.32. The van der Waals surface area contributed by atoms with Crippen LogP contribution in [0.15, 0.2) is 78.6 Å². The van der Waals surface area contributed by atoms with E-state index in [-0.39, 0.29) is 17.8 Å². The maximum absolute atomic E-state index is 13.5. The van der Waals surface area contributed by atoms with Gasteiger partial charge in [-0.3, -0.25) is 19.5 Å². The number of carbonyl (C=O) groups is 2. The van der Waals surface area contributed by atoms with Gasteiger partial charge in [-0.05, 0) is 73.4 Å². The van der Waals surface area contributed by atoms with Crippen molar-refractivity contribution in [3.63, 3.8) is 0 Å². The Balaban J connectivity index is 1.45. The minimum atomic E-state index is -0.435. The molecule has 1 saturated heterocycles. The Morgan fingerprint density at radius 1 is 0.853 bits per heavy atom. The number of hydrogen-bond acceptors (Lipinski definition) is 5. The number of imide groups is 1. The summed E-state index contributed by atoms with van der Waals surface area (Å²) in [4.78, 5) is 34.5.